The van der Waals surface area contributed by atoms with Crippen LogP contribution in [0.15, 0.2) is 50.0 Å². The fourth-order valence-corrected chi connectivity index (χ4v) is 3.18. The van der Waals surface area contributed by atoms with E-state index in [1.165, 1.54) is 0 Å². The van der Waals surface area contributed by atoms with Crippen molar-refractivity contribution in [3.8, 4) is 6.07 Å². The van der Waals surface area contributed by atoms with Gasteiger partial charge < -0.3 is 9.32 Å². The lowest BCUT2D eigenvalue weighted by atomic mass is 10.2. The molecule has 6 heteroatoms. The van der Waals surface area contributed by atoms with Crippen LogP contribution in [0.3, 0.4) is 0 Å². The van der Waals surface area contributed by atoms with Gasteiger partial charge in [0.15, 0.2) is 0 Å². The van der Waals surface area contributed by atoms with Crippen LogP contribution in [0.25, 0.3) is 0 Å². The topological polar surface area (TPSA) is 57.2 Å². The Hall–Kier alpha value is -1.58. The van der Waals surface area contributed by atoms with Crippen molar-refractivity contribution in [1.82, 2.24) is 4.90 Å². The van der Waals surface area contributed by atoms with Gasteiger partial charge >= 0.3 is 0 Å². The third-order valence-corrected chi connectivity index (χ3v) is 3.73. The van der Waals surface area contributed by atoms with Gasteiger partial charge in [-0.05, 0) is 30.3 Å². The van der Waals surface area contributed by atoms with Crippen molar-refractivity contribution in [2.24, 2.45) is 0 Å². The minimum atomic E-state index is -0.136. The van der Waals surface area contributed by atoms with Crippen LogP contribution < -0.4 is 0 Å². The number of rotatable bonds is 5. The first kappa shape index (κ1) is 15.8. The molecule has 0 aliphatic carbocycles. The van der Waals surface area contributed by atoms with Crippen LogP contribution in [-0.2, 0) is 6.54 Å². The van der Waals surface area contributed by atoms with Crippen LogP contribution >= 0.6 is 31.9 Å². The van der Waals surface area contributed by atoms with Gasteiger partial charge in [-0.1, -0.05) is 31.9 Å². The zero-order chi connectivity index (χ0) is 15.2. The zero-order valence-electron chi connectivity index (χ0n) is 11.1. The molecule has 1 amide bonds. The fourth-order valence-electron chi connectivity index (χ4n) is 1.89. The second-order valence-corrected chi connectivity index (χ2v) is 6.20. The van der Waals surface area contributed by atoms with E-state index in [-0.39, 0.29) is 12.3 Å². The average molecular weight is 412 g/mol. The van der Waals surface area contributed by atoms with E-state index in [0.717, 1.165) is 8.95 Å². The van der Waals surface area contributed by atoms with Gasteiger partial charge in [-0.25, -0.2) is 0 Å². The predicted octanol–water partition coefficient (Wildman–Crippen LogP) is 4.36. The summed E-state index contributed by atoms with van der Waals surface area (Å²) in [6.07, 6.45) is 1.85. The van der Waals surface area contributed by atoms with Gasteiger partial charge in [0.1, 0.15) is 5.76 Å². The minimum Gasteiger partial charge on any atom is -0.467 e. The number of benzene rings is 1. The number of carbonyl (C=O) groups is 1. The maximum Gasteiger partial charge on any atom is 0.254 e. The van der Waals surface area contributed by atoms with E-state index in [9.17, 15) is 4.79 Å². The van der Waals surface area contributed by atoms with E-state index in [1.807, 2.05) is 12.1 Å². The highest BCUT2D eigenvalue weighted by atomic mass is 79.9. The van der Waals surface area contributed by atoms with Crippen molar-refractivity contribution in [2.75, 3.05) is 6.54 Å². The first-order valence-electron chi connectivity index (χ1n) is 6.25. The Labute approximate surface area is 139 Å². The van der Waals surface area contributed by atoms with Crippen LogP contribution in [0.1, 0.15) is 22.5 Å². The molecule has 0 saturated heterocycles. The molecule has 0 atom stereocenters. The number of hydrogen-bond acceptors (Lipinski definition) is 3. The Morgan fingerprint density at radius 3 is 2.57 bits per heavy atom. The van der Waals surface area contributed by atoms with E-state index in [0.29, 0.717) is 24.4 Å². The van der Waals surface area contributed by atoms with Crippen molar-refractivity contribution in [1.29, 1.82) is 5.26 Å². The Kier molecular flexibility index (Phi) is 5.59. The van der Waals surface area contributed by atoms with Gasteiger partial charge in [0.05, 0.1) is 25.3 Å². The summed E-state index contributed by atoms with van der Waals surface area (Å²) in [5.74, 6) is 0.555. The average Bonchev–Trinajstić information content (AvgIpc) is 2.94. The molecule has 0 aliphatic rings. The molecule has 0 unspecified atom stereocenters. The van der Waals surface area contributed by atoms with Crippen LogP contribution in [0.4, 0.5) is 0 Å². The summed E-state index contributed by atoms with van der Waals surface area (Å²) < 4.78 is 6.92. The van der Waals surface area contributed by atoms with Gasteiger partial charge in [-0.2, -0.15) is 5.26 Å². The standard InChI is InChI=1S/C15H12Br2N2O2/c16-12-7-11(8-13(17)9-12)15(20)19(5-2-4-18)10-14-3-1-6-21-14/h1,3,6-9H,2,5,10H2. The smallest absolute Gasteiger partial charge is 0.254 e. The molecule has 0 saturated carbocycles. The van der Waals surface area contributed by atoms with E-state index in [1.54, 1.807) is 29.4 Å². The van der Waals surface area contributed by atoms with Crippen LogP contribution in [0.5, 0.6) is 0 Å². The SMILES string of the molecule is N#CCCN(Cc1ccco1)C(=O)c1cc(Br)cc(Br)c1. The van der Waals surface area contributed by atoms with Crippen LogP contribution in [0, 0.1) is 11.3 Å². The molecule has 0 bridgehead atoms. The van der Waals surface area contributed by atoms with E-state index >= 15 is 0 Å². The predicted molar refractivity (Wildman–Crippen MR) is 85.5 cm³/mol. The summed E-state index contributed by atoms with van der Waals surface area (Å²) in [6, 6.07) is 11.0. The largest absolute Gasteiger partial charge is 0.467 e. The number of halogens is 2. The molecular formula is C15H12Br2N2O2. The Balaban J connectivity index is 2.22. The molecule has 1 aromatic carbocycles. The lowest BCUT2D eigenvalue weighted by Gasteiger charge is -2.20. The maximum absolute atomic E-state index is 12.6. The Morgan fingerprint density at radius 2 is 2.00 bits per heavy atom. The molecule has 1 heterocycles. The molecule has 0 aliphatic heterocycles. The quantitative estimate of drug-likeness (QED) is 0.734. The lowest BCUT2D eigenvalue weighted by Crippen LogP contribution is -2.31. The van der Waals surface area contributed by atoms with Gasteiger partial charge in [-0.3, -0.25) is 4.79 Å². The van der Waals surface area contributed by atoms with Gasteiger partial charge in [0.2, 0.25) is 0 Å². The maximum atomic E-state index is 12.6. The van der Waals surface area contributed by atoms with Crippen LogP contribution in [0.2, 0.25) is 0 Å². The molecule has 1 aromatic heterocycles. The van der Waals surface area contributed by atoms with E-state index in [4.69, 9.17) is 9.68 Å². The monoisotopic (exact) mass is 410 g/mol. The number of nitriles is 1. The molecule has 0 N–H and O–H groups in total. The number of nitrogens with zero attached hydrogens (tertiary/aromatic N) is 2. The van der Waals surface area contributed by atoms with Gasteiger partial charge in [0.25, 0.3) is 5.91 Å². The summed E-state index contributed by atoms with van der Waals surface area (Å²) in [6.45, 7) is 0.706. The number of furan rings is 1. The second kappa shape index (κ2) is 7.43. The van der Waals surface area contributed by atoms with Gasteiger partial charge in [0, 0.05) is 21.1 Å². The molecular weight excluding hydrogens is 400 g/mol. The minimum absolute atomic E-state index is 0.136. The summed E-state index contributed by atoms with van der Waals surface area (Å²) in [4.78, 5) is 14.2. The second-order valence-electron chi connectivity index (χ2n) is 4.37. The molecule has 0 fully saturated rings. The molecule has 2 rings (SSSR count). The molecule has 4 nitrogen and oxygen atoms in total. The first-order chi connectivity index (χ1) is 10.1. The summed E-state index contributed by atoms with van der Waals surface area (Å²) in [5, 5.41) is 8.76. The fraction of sp³-hybridized carbons (Fsp3) is 0.200. The molecule has 21 heavy (non-hydrogen) atoms. The van der Waals surface area contributed by atoms with E-state index in [2.05, 4.69) is 37.9 Å². The number of amides is 1. The third-order valence-electron chi connectivity index (χ3n) is 2.82. The molecule has 2 aromatic rings. The van der Waals surface area contributed by atoms with Crippen molar-refractivity contribution in [3.05, 3.63) is 56.9 Å². The summed E-state index contributed by atoms with van der Waals surface area (Å²) in [5.41, 5.74) is 0.556. The van der Waals surface area contributed by atoms with Crippen molar-refractivity contribution in [3.63, 3.8) is 0 Å². The first-order valence-corrected chi connectivity index (χ1v) is 7.83. The highest BCUT2D eigenvalue weighted by molar-refractivity contribution is 9.11. The van der Waals surface area contributed by atoms with Gasteiger partial charge in [-0.15, -0.1) is 0 Å². The van der Waals surface area contributed by atoms with Crippen molar-refractivity contribution < 1.29 is 9.21 Å². The van der Waals surface area contributed by atoms with Crippen LogP contribution in [-0.4, -0.2) is 17.4 Å². The number of carbonyl (C=O) groups excluding carboxylic acids is 1. The zero-order valence-corrected chi connectivity index (χ0v) is 14.2. The third kappa shape index (κ3) is 4.45. The molecule has 0 radical (unpaired) electrons. The Bertz CT molecular complexity index is 643. The highest BCUT2D eigenvalue weighted by Crippen LogP contribution is 2.22. The molecule has 108 valence electrons. The highest BCUT2D eigenvalue weighted by Gasteiger charge is 2.18. The number of hydrogen-bond donors (Lipinski definition) is 0. The summed E-state index contributed by atoms with van der Waals surface area (Å²) >= 11 is 6.74. The lowest BCUT2D eigenvalue weighted by molar-refractivity contribution is 0.0735. The van der Waals surface area contributed by atoms with Crippen molar-refractivity contribution >= 4 is 37.8 Å². The van der Waals surface area contributed by atoms with Crippen molar-refractivity contribution in [2.45, 2.75) is 13.0 Å². The van der Waals surface area contributed by atoms with E-state index < -0.39 is 0 Å². The summed E-state index contributed by atoms with van der Waals surface area (Å²) in [7, 11) is 0. The Morgan fingerprint density at radius 1 is 1.29 bits per heavy atom. The molecule has 0 spiro atoms. The normalized spacial score (nSPS) is 10.1.